The van der Waals surface area contributed by atoms with Crippen LogP contribution < -0.4 is 0 Å². The van der Waals surface area contributed by atoms with Crippen LogP contribution in [0.25, 0.3) is 0 Å². The van der Waals surface area contributed by atoms with Crippen molar-refractivity contribution >= 4 is 0 Å². The van der Waals surface area contributed by atoms with Gasteiger partial charge in [-0.3, -0.25) is 4.90 Å². The Labute approximate surface area is 87.0 Å². The van der Waals surface area contributed by atoms with Crippen molar-refractivity contribution < 1.29 is 4.48 Å². The minimum Gasteiger partial charge on any atom is -0.292 e. The molecule has 84 valence electrons. The van der Waals surface area contributed by atoms with Crippen LogP contribution in [0.15, 0.2) is 0 Å². The zero-order valence-corrected chi connectivity index (χ0v) is 10.2. The van der Waals surface area contributed by atoms with Crippen molar-refractivity contribution in [2.24, 2.45) is 0 Å². The molecule has 0 bridgehead atoms. The maximum atomic E-state index is 13.7. The van der Waals surface area contributed by atoms with Crippen LogP contribution in [-0.2, 0) is 0 Å². The van der Waals surface area contributed by atoms with E-state index in [1.165, 1.54) is 0 Å². The van der Waals surface area contributed by atoms with Crippen LogP contribution in [0.3, 0.4) is 0 Å². The van der Waals surface area contributed by atoms with Crippen LogP contribution in [0.4, 0.5) is 4.48 Å². The van der Waals surface area contributed by atoms with Gasteiger partial charge in [-0.15, -0.1) is 9.60 Å². The minimum atomic E-state index is -0.0106. The Kier molecular flexibility index (Phi) is 3.53. The number of nitrogens with zero attached hydrogens (tertiary/aromatic N) is 2. The fourth-order valence-corrected chi connectivity index (χ4v) is 2.59. The molecule has 0 amide bonds. The number of rotatable bonds is 1. The molecule has 0 aliphatic carbocycles. The van der Waals surface area contributed by atoms with E-state index in [-0.39, 0.29) is 24.2 Å². The second-order valence-electron chi connectivity index (χ2n) is 4.85. The topological polar surface area (TPSA) is 6.48 Å². The van der Waals surface area contributed by atoms with Crippen LogP contribution in [0, 0.1) is 0 Å². The molecule has 0 aromatic heterocycles. The van der Waals surface area contributed by atoms with Gasteiger partial charge >= 0.3 is 0 Å². The second-order valence-corrected chi connectivity index (χ2v) is 4.85. The molecule has 1 rings (SSSR count). The van der Waals surface area contributed by atoms with E-state index in [2.05, 4.69) is 32.6 Å². The molecular formula is C11H23FN2. The summed E-state index contributed by atoms with van der Waals surface area (Å²) in [5.74, 6) is 0. The van der Waals surface area contributed by atoms with Gasteiger partial charge in [0.15, 0.2) is 0 Å². The Morgan fingerprint density at radius 3 is 1.50 bits per heavy atom. The van der Waals surface area contributed by atoms with Crippen molar-refractivity contribution in [3.63, 3.8) is 0 Å². The maximum Gasteiger partial charge on any atom is 0.0530 e. The highest BCUT2D eigenvalue weighted by atomic mass is 19.2. The number of hydrogen-bond donors (Lipinski definition) is 0. The van der Waals surface area contributed by atoms with Gasteiger partial charge in [0.05, 0.1) is 12.1 Å². The summed E-state index contributed by atoms with van der Waals surface area (Å²) >= 11 is 0. The fourth-order valence-electron chi connectivity index (χ4n) is 2.59. The van der Waals surface area contributed by atoms with Gasteiger partial charge in [-0.05, 0) is 41.5 Å². The van der Waals surface area contributed by atoms with Gasteiger partial charge in [0.25, 0.3) is 0 Å². The number of halogens is 1. The molecule has 1 aliphatic heterocycles. The summed E-state index contributed by atoms with van der Waals surface area (Å²) in [4.78, 5) is 2.41. The molecule has 1 fully saturated rings. The highest BCUT2D eigenvalue weighted by molar-refractivity contribution is 4.93. The Morgan fingerprint density at radius 2 is 1.21 bits per heavy atom. The normalized spacial score (nSPS) is 42.0. The summed E-state index contributed by atoms with van der Waals surface area (Å²) in [7, 11) is 0. The van der Waals surface area contributed by atoms with Gasteiger partial charge < -0.3 is 0 Å². The van der Waals surface area contributed by atoms with Gasteiger partial charge in [0, 0.05) is 18.1 Å². The first kappa shape index (κ1) is 11.9. The van der Waals surface area contributed by atoms with E-state index < -0.39 is 0 Å². The molecule has 0 saturated carbocycles. The molecule has 0 spiro atoms. The molecule has 4 unspecified atom stereocenters. The molecule has 0 aromatic rings. The lowest BCUT2D eigenvalue weighted by Crippen LogP contribution is -2.64. The first-order valence-electron chi connectivity index (χ1n) is 5.59. The van der Waals surface area contributed by atoms with Crippen LogP contribution >= 0.6 is 0 Å². The summed E-state index contributed by atoms with van der Waals surface area (Å²) in [6.45, 7) is 12.5. The first-order chi connectivity index (χ1) is 6.37. The molecule has 0 aromatic carbocycles. The van der Waals surface area contributed by atoms with Gasteiger partial charge in [-0.25, -0.2) is 0 Å². The Balaban J connectivity index is 2.86. The van der Waals surface area contributed by atoms with Gasteiger partial charge in [0.1, 0.15) is 0 Å². The highest BCUT2D eigenvalue weighted by Gasteiger charge is 2.41. The number of piperazine rings is 1. The van der Waals surface area contributed by atoms with Gasteiger partial charge in [-0.2, -0.15) is 0 Å². The highest BCUT2D eigenvalue weighted by Crippen LogP contribution is 2.28. The van der Waals surface area contributed by atoms with E-state index in [1.807, 2.05) is 13.8 Å². The van der Waals surface area contributed by atoms with E-state index in [0.717, 1.165) is 5.12 Å². The molecule has 1 heterocycles. The van der Waals surface area contributed by atoms with Crippen molar-refractivity contribution in [3.05, 3.63) is 0 Å². The van der Waals surface area contributed by atoms with Crippen molar-refractivity contribution in [1.82, 2.24) is 10.0 Å². The summed E-state index contributed by atoms with van der Waals surface area (Å²) < 4.78 is 13.7. The quantitative estimate of drug-likeness (QED) is 0.603. The molecule has 4 atom stereocenters. The zero-order valence-electron chi connectivity index (χ0n) is 10.2. The van der Waals surface area contributed by atoms with E-state index in [9.17, 15) is 4.48 Å². The van der Waals surface area contributed by atoms with Crippen LogP contribution in [0.1, 0.15) is 41.5 Å². The predicted octanol–water partition coefficient (Wildman–Crippen LogP) is 2.45. The van der Waals surface area contributed by atoms with Crippen LogP contribution in [0.2, 0.25) is 0 Å². The molecule has 3 heteroatoms. The van der Waals surface area contributed by atoms with Crippen molar-refractivity contribution in [1.29, 1.82) is 0 Å². The third-order valence-electron chi connectivity index (χ3n) is 3.71. The fraction of sp³-hybridized carbons (Fsp3) is 1.00. The third kappa shape index (κ3) is 1.80. The van der Waals surface area contributed by atoms with Crippen LogP contribution in [-0.4, -0.2) is 40.2 Å². The third-order valence-corrected chi connectivity index (χ3v) is 3.71. The summed E-state index contributed by atoms with van der Waals surface area (Å²) in [6, 6.07) is 1.03. The molecule has 0 N–H and O–H groups in total. The molecule has 0 radical (unpaired) electrons. The summed E-state index contributed by atoms with van der Waals surface area (Å²) in [5, 5.41) is 1.01. The molecule has 1 saturated heterocycles. The lowest BCUT2D eigenvalue weighted by molar-refractivity contribution is -0.151. The van der Waals surface area contributed by atoms with Crippen LogP contribution in [0.5, 0.6) is 0 Å². The first-order valence-corrected chi connectivity index (χ1v) is 5.59. The molecular weight excluding hydrogens is 179 g/mol. The Bertz CT molecular complexity index is 180. The SMILES string of the molecule is CC1C(C)N(C(C)C)C(C)C(C)N1F. The summed E-state index contributed by atoms with van der Waals surface area (Å²) in [6.07, 6.45) is 0. The lowest BCUT2D eigenvalue weighted by atomic mass is 9.95. The average molecular weight is 202 g/mol. The zero-order chi connectivity index (χ0) is 11.0. The van der Waals surface area contributed by atoms with Crippen molar-refractivity contribution in [2.45, 2.75) is 71.8 Å². The monoisotopic (exact) mass is 202 g/mol. The molecule has 2 nitrogen and oxygen atoms in total. The van der Waals surface area contributed by atoms with E-state index in [4.69, 9.17) is 0 Å². The van der Waals surface area contributed by atoms with Gasteiger partial charge in [0.2, 0.25) is 0 Å². The van der Waals surface area contributed by atoms with E-state index in [0.29, 0.717) is 6.04 Å². The predicted molar refractivity (Wildman–Crippen MR) is 57.8 cm³/mol. The van der Waals surface area contributed by atoms with E-state index >= 15 is 0 Å². The van der Waals surface area contributed by atoms with E-state index in [1.54, 1.807) is 0 Å². The maximum absolute atomic E-state index is 13.7. The Morgan fingerprint density at radius 1 is 0.857 bits per heavy atom. The number of hydrogen-bond acceptors (Lipinski definition) is 2. The second kappa shape index (κ2) is 4.15. The minimum absolute atomic E-state index is 0.0106. The largest absolute Gasteiger partial charge is 0.292 e. The van der Waals surface area contributed by atoms with Crippen molar-refractivity contribution in [2.75, 3.05) is 0 Å². The van der Waals surface area contributed by atoms with Crippen molar-refractivity contribution in [3.8, 4) is 0 Å². The lowest BCUT2D eigenvalue weighted by Gasteiger charge is -2.50. The standard InChI is InChI=1S/C11H23FN2/c1-7(2)13-8(3)10(5)14(12)11(6)9(13)4/h7-11H,1-6H3. The Hall–Kier alpha value is -0.150. The summed E-state index contributed by atoms with van der Waals surface area (Å²) in [5.41, 5.74) is 0. The average Bonchev–Trinajstić information content (AvgIpc) is 2.11. The molecule has 1 aliphatic rings. The smallest absolute Gasteiger partial charge is 0.0530 e. The molecule has 14 heavy (non-hydrogen) atoms. The van der Waals surface area contributed by atoms with Gasteiger partial charge in [-0.1, -0.05) is 0 Å².